The van der Waals surface area contributed by atoms with Gasteiger partial charge in [-0.3, -0.25) is 0 Å². The zero-order valence-corrected chi connectivity index (χ0v) is 9.70. The maximum atomic E-state index is 12.7. The van der Waals surface area contributed by atoms with Gasteiger partial charge < -0.3 is 5.21 Å². The third-order valence-electron chi connectivity index (χ3n) is 2.28. The lowest BCUT2D eigenvalue weighted by Gasteiger charge is -2.11. The van der Waals surface area contributed by atoms with E-state index >= 15 is 0 Å². The summed E-state index contributed by atoms with van der Waals surface area (Å²) in [7, 11) is -3.36. The lowest BCUT2D eigenvalue weighted by Crippen LogP contribution is -2.27. The molecular weight excluding hydrogens is 233 g/mol. The largest absolute Gasteiger partial charge is 0.411 e. The number of hydrogen-bond acceptors (Lipinski definition) is 4. The van der Waals surface area contributed by atoms with Crippen LogP contribution < -0.4 is 0 Å². The molecule has 4 nitrogen and oxygen atoms in total. The summed E-state index contributed by atoms with van der Waals surface area (Å²) in [5.41, 5.74) is 0.379. The number of benzene rings is 1. The zero-order valence-electron chi connectivity index (χ0n) is 8.88. The fourth-order valence-electron chi connectivity index (χ4n) is 1.20. The van der Waals surface area contributed by atoms with Crippen LogP contribution in [0.5, 0.6) is 0 Å². The first kappa shape index (κ1) is 12.6. The molecule has 1 rings (SSSR count). The van der Waals surface area contributed by atoms with Gasteiger partial charge in [-0.2, -0.15) is 0 Å². The number of sulfone groups is 1. The summed E-state index contributed by atoms with van der Waals surface area (Å²) in [6, 6.07) is 5.09. The summed E-state index contributed by atoms with van der Waals surface area (Å²) >= 11 is 0. The molecule has 0 aromatic heterocycles. The Morgan fingerprint density at radius 1 is 1.38 bits per heavy atom. The minimum absolute atomic E-state index is 0.00231. The number of nitrogens with zero attached hydrogens (tertiary/aromatic N) is 1. The zero-order chi connectivity index (χ0) is 12.3. The second kappa shape index (κ2) is 4.61. The van der Waals surface area contributed by atoms with E-state index in [4.69, 9.17) is 5.21 Å². The van der Waals surface area contributed by atoms with Crippen LogP contribution in [0.15, 0.2) is 29.4 Å². The first-order chi connectivity index (χ1) is 7.36. The lowest BCUT2D eigenvalue weighted by atomic mass is 10.1. The van der Waals surface area contributed by atoms with E-state index in [0.717, 1.165) is 6.26 Å². The molecule has 0 aliphatic heterocycles. The van der Waals surface area contributed by atoms with E-state index in [1.807, 2.05) is 0 Å². The maximum absolute atomic E-state index is 12.7. The average Bonchev–Trinajstić information content (AvgIpc) is 2.20. The number of halogens is 1. The van der Waals surface area contributed by atoms with Gasteiger partial charge in [0.05, 0.1) is 0 Å². The van der Waals surface area contributed by atoms with E-state index < -0.39 is 20.9 Å². The average molecular weight is 245 g/mol. The van der Waals surface area contributed by atoms with Crippen molar-refractivity contribution >= 4 is 15.5 Å². The van der Waals surface area contributed by atoms with Gasteiger partial charge in [-0.05, 0) is 19.1 Å². The van der Waals surface area contributed by atoms with Gasteiger partial charge >= 0.3 is 0 Å². The summed E-state index contributed by atoms with van der Waals surface area (Å²) in [6.07, 6.45) is 1.05. The van der Waals surface area contributed by atoms with Crippen molar-refractivity contribution in [1.82, 2.24) is 0 Å². The Balaban J connectivity index is 3.15. The van der Waals surface area contributed by atoms with Crippen LogP contribution in [0.2, 0.25) is 0 Å². The smallest absolute Gasteiger partial charge is 0.155 e. The van der Waals surface area contributed by atoms with E-state index in [0.29, 0.717) is 5.56 Å². The molecule has 1 aromatic carbocycles. The Morgan fingerprint density at radius 3 is 2.25 bits per heavy atom. The molecule has 1 aromatic rings. The molecule has 6 heteroatoms. The van der Waals surface area contributed by atoms with Gasteiger partial charge in [0.1, 0.15) is 16.8 Å². The molecule has 88 valence electrons. The molecule has 0 spiro atoms. The topological polar surface area (TPSA) is 66.7 Å². The maximum Gasteiger partial charge on any atom is 0.155 e. The van der Waals surface area contributed by atoms with Crippen molar-refractivity contribution in [2.24, 2.45) is 5.16 Å². The summed E-state index contributed by atoms with van der Waals surface area (Å²) < 4.78 is 35.3. The quantitative estimate of drug-likeness (QED) is 0.497. The molecule has 0 aliphatic rings. The van der Waals surface area contributed by atoms with Crippen molar-refractivity contribution in [3.63, 3.8) is 0 Å². The second-order valence-corrected chi connectivity index (χ2v) is 5.83. The molecule has 0 saturated heterocycles. The normalized spacial score (nSPS) is 14.8. The molecular formula is C10H12FNO3S. The Labute approximate surface area is 93.3 Å². The van der Waals surface area contributed by atoms with E-state index in [2.05, 4.69) is 5.16 Å². The number of oxime groups is 1. The van der Waals surface area contributed by atoms with Crippen LogP contribution in [0.4, 0.5) is 4.39 Å². The van der Waals surface area contributed by atoms with Crippen LogP contribution in [0, 0.1) is 5.82 Å². The molecule has 0 fully saturated rings. The highest BCUT2D eigenvalue weighted by Crippen LogP contribution is 2.11. The van der Waals surface area contributed by atoms with Crippen molar-refractivity contribution in [1.29, 1.82) is 0 Å². The standard InChI is InChI=1S/C10H12FNO3S/c1-7(16(2,14)15)10(12-13)8-3-5-9(11)6-4-8/h3-7,13H,1-2H3. The van der Waals surface area contributed by atoms with E-state index in [1.165, 1.54) is 31.2 Å². The third-order valence-corrected chi connectivity index (χ3v) is 3.78. The Hall–Kier alpha value is -1.43. The molecule has 0 saturated carbocycles. The van der Waals surface area contributed by atoms with Gasteiger partial charge in [-0.25, -0.2) is 12.8 Å². The first-order valence-corrected chi connectivity index (χ1v) is 6.48. The van der Waals surface area contributed by atoms with Crippen LogP contribution in [0.25, 0.3) is 0 Å². The third kappa shape index (κ3) is 2.79. The van der Waals surface area contributed by atoms with Gasteiger partial charge in [0.25, 0.3) is 0 Å². The monoisotopic (exact) mass is 245 g/mol. The molecule has 16 heavy (non-hydrogen) atoms. The Morgan fingerprint density at radius 2 is 1.88 bits per heavy atom. The predicted molar refractivity (Wildman–Crippen MR) is 59.0 cm³/mol. The summed E-state index contributed by atoms with van der Waals surface area (Å²) in [4.78, 5) is 0. The first-order valence-electron chi connectivity index (χ1n) is 4.53. The lowest BCUT2D eigenvalue weighted by molar-refractivity contribution is 0.318. The van der Waals surface area contributed by atoms with Crippen LogP contribution in [0.1, 0.15) is 12.5 Å². The molecule has 1 unspecified atom stereocenters. The van der Waals surface area contributed by atoms with Gasteiger partial charge in [0, 0.05) is 11.8 Å². The van der Waals surface area contributed by atoms with Crippen LogP contribution >= 0.6 is 0 Å². The van der Waals surface area contributed by atoms with Gasteiger partial charge in [-0.1, -0.05) is 17.3 Å². The molecule has 0 heterocycles. The number of rotatable bonds is 3. The van der Waals surface area contributed by atoms with E-state index in [1.54, 1.807) is 0 Å². The van der Waals surface area contributed by atoms with E-state index in [-0.39, 0.29) is 5.71 Å². The van der Waals surface area contributed by atoms with Crippen molar-refractivity contribution in [3.8, 4) is 0 Å². The molecule has 0 bridgehead atoms. The van der Waals surface area contributed by atoms with Crippen molar-refractivity contribution in [2.45, 2.75) is 12.2 Å². The summed E-state index contributed by atoms with van der Waals surface area (Å²) in [6.45, 7) is 1.41. The molecule has 0 aliphatic carbocycles. The molecule has 0 amide bonds. The van der Waals surface area contributed by atoms with Crippen LogP contribution in [-0.2, 0) is 9.84 Å². The Kier molecular flexibility index (Phi) is 3.64. The highest BCUT2D eigenvalue weighted by Gasteiger charge is 2.23. The van der Waals surface area contributed by atoms with Gasteiger partial charge in [0.2, 0.25) is 0 Å². The highest BCUT2D eigenvalue weighted by atomic mass is 32.2. The van der Waals surface area contributed by atoms with Crippen molar-refractivity contribution in [3.05, 3.63) is 35.6 Å². The van der Waals surface area contributed by atoms with Crippen molar-refractivity contribution in [2.75, 3.05) is 6.26 Å². The summed E-state index contributed by atoms with van der Waals surface area (Å²) in [5.74, 6) is -0.437. The molecule has 1 atom stereocenters. The summed E-state index contributed by atoms with van der Waals surface area (Å²) in [5, 5.41) is 10.8. The molecule has 1 N–H and O–H groups in total. The van der Waals surface area contributed by atoms with Gasteiger partial charge in [0.15, 0.2) is 9.84 Å². The predicted octanol–water partition coefficient (Wildman–Crippen LogP) is 1.44. The van der Waals surface area contributed by atoms with E-state index in [9.17, 15) is 12.8 Å². The minimum Gasteiger partial charge on any atom is -0.411 e. The molecule has 0 radical (unpaired) electrons. The fourth-order valence-corrected chi connectivity index (χ4v) is 1.79. The fraction of sp³-hybridized carbons (Fsp3) is 0.300. The van der Waals surface area contributed by atoms with Gasteiger partial charge in [-0.15, -0.1) is 0 Å². The minimum atomic E-state index is -3.36. The second-order valence-electron chi connectivity index (χ2n) is 3.46. The Bertz CT molecular complexity index is 493. The van der Waals surface area contributed by atoms with Crippen LogP contribution in [0.3, 0.4) is 0 Å². The highest BCUT2D eigenvalue weighted by molar-refractivity contribution is 7.92. The SMILES string of the molecule is CC(C(=NO)c1ccc(F)cc1)S(C)(=O)=O. The number of hydrogen-bond donors (Lipinski definition) is 1. The van der Waals surface area contributed by atoms with Crippen LogP contribution in [-0.4, -0.2) is 30.8 Å². The van der Waals surface area contributed by atoms with Crippen molar-refractivity contribution < 1.29 is 18.0 Å².